The Hall–Kier alpha value is -3.25. The molecule has 0 aromatic heterocycles. The summed E-state index contributed by atoms with van der Waals surface area (Å²) in [6, 6.07) is 24.9. The number of rotatable bonds is 5. The maximum atomic E-state index is 13.3. The first-order valence-corrected chi connectivity index (χ1v) is 10.4. The zero-order chi connectivity index (χ0) is 20.2. The van der Waals surface area contributed by atoms with Crippen molar-refractivity contribution in [2.24, 2.45) is 5.73 Å². The fourth-order valence-corrected chi connectivity index (χ4v) is 4.69. The highest BCUT2D eigenvalue weighted by molar-refractivity contribution is 7.99. The van der Waals surface area contributed by atoms with Crippen LogP contribution in [0.15, 0.2) is 83.8 Å². The molecule has 1 aliphatic heterocycles. The Morgan fingerprint density at radius 3 is 2.45 bits per heavy atom. The molecule has 5 nitrogen and oxygen atoms in total. The molecule has 0 radical (unpaired) electrons. The lowest BCUT2D eigenvalue weighted by molar-refractivity contribution is -0.117. The summed E-state index contributed by atoms with van der Waals surface area (Å²) in [4.78, 5) is 27.9. The van der Waals surface area contributed by atoms with Crippen LogP contribution in [-0.2, 0) is 4.79 Å². The van der Waals surface area contributed by atoms with Crippen LogP contribution in [0.1, 0.15) is 22.0 Å². The number of amides is 2. The Bertz CT molecular complexity index is 1040. The zero-order valence-corrected chi connectivity index (χ0v) is 16.6. The molecular formula is C23H21N3O2S. The van der Waals surface area contributed by atoms with Gasteiger partial charge in [-0.2, -0.15) is 0 Å². The number of benzene rings is 3. The van der Waals surface area contributed by atoms with Gasteiger partial charge in [-0.25, -0.2) is 0 Å². The van der Waals surface area contributed by atoms with Crippen molar-refractivity contribution in [3.05, 3.63) is 90.0 Å². The van der Waals surface area contributed by atoms with Crippen molar-refractivity contribution in [3.8, 4) is 0 Å². The average Bonchev–Trinajstić information content (AvgIpc) is 2.77. The molecule has 1 heterocycles. The monoisotopic (exact) mass is 403 g/mol. The van der Waals surface area contributed by atoms with Gasteiger partial charge < -0.3 is 16.0 Å². The number of nitrogens with two attached hydrogens (primary N) is 1. The summed E-state index contributed by atoms with van der Waals surface area (Å²) < 4.78 is 0. The number of thioether (sulfide) groups is 1. The minimum Gasteiger partial charge on any atom is -0.375 e. The molecule has 3 aromatic rings. The lowest BCUT2D eigenvalue weighted by atomic mass is 10.1. The minimum atomic E-state index is -0.526. The van der Waals surface area contributed by atoms with Crippen LogP contribution < -0.4 is 16.0 Å². The van der Waals surface area contributed by atoms with Crippen LogP contribution in [0, 0.1) is 0 Å². The smallest absolute Gasteiger partial charge is 0.250 e. The summed E-state index contributed by atoms with van der Waals surface area (Å²) in [7, 11) is 0. The molecule has 0 spiro atoms. The van der Waals surface area contributed by atoms with E-state index in [1.807, 2.05) is 47.4 Å². The SMILES string of the molecule is NC(=O)c1ccccc1NCC(=O)N1c2ccccc2SC[C@H]1c1ccccc1. The Morgan fingerprint density at radius 1 is 0.966 bits per heavy atom. The number of anilines is 2. The third kappa shape index (κ3) is 3.98. The van der Waals surface area contributed by atoms with Crippen LogP contribution in [-0.4, -0.2) is 24.1 Å². The molecule has 0 bridgehead atoms. The molecule has 0 saturated carbocycles. The normalized spacial score (nSPS) is 15.4. The molecule has 3 N–H and O–H groups in total. The second-order valence-electron chi connectivity index (χ2n) is 6.73. The zero-order valence-electron chi connectivity index (χ0n) is 15.7. The lowest BCUT2D eigenvalue weighted by Gasteiger charge is -2.37. The number of nitrogens with one attached hydrogen (secondary N) is 1. The summed E-state index contributed by atoms with van der Waals surface area (Å²) in [5.41, 5.74) is 8.38. The van der Waals surface area contributed by atoms with Gasteiger partial charge in [0, 0.05) is 16.3 Å². The van der Waals surface area contributed by atoms with E-state index < -0.39 is 5.91 Å². The van der Waals surface area contributed by atoms with E-state index in [0.717, 1.165) is 21.9 Å². The number of hydrogen-bond donors (Lipinski definition) is 2. The van der Waals surface area contributed by atoms with Crippen molar-refractivity contribution in [3.63, 3.8) is 0 Å². The predicted molar refractivity (Wildman–Crippen MR) is 117 cm³/mol. The molecule has 146 valence electrons. The highest BCUT2D eigenvalue weighted by Crippen LogP contribution is 2.43. The summed E-state index contributed by atoms with van der Waals surface area (Å²) in [6.07, 6.45) is 0. The van der Waals surface area contributed by atoms with E-state index in [-0.39, 0.29) is 18.5 Å². The largest absolute Gasteiger partial charge is 0.375 e. The van der Waals surface area contributed by atoms with Crippen molar-refractivity contribution in [1.82, 2.24) is 0 Å². The molecule has 0 aliphatic carbocycles. The van der Waals surface area contributed by atoms with E-state index in [0.29, 0.717) is 11.3 Å². The number of para-hydroxylation sites is 2. The van der Waals surface area contributed by atoms with E-state index in [4.69, 9.17) is 5.73 Å². The Balaban J connectivity index is 1.63. The topological polar surface area (TPSA) is 75.4 Å². The Labute approximate surface area is 173 Å². The number of hydrogen-bond acceptors (Lipinski definition) is 4. The van der Waals surface area contributed by atoms with E-state index in [2.05, 4.69) is 17.4 Å². The van der Waals surface area contributed by atoms with Crippen LogP contribution >= 0.6 is 11.8 Å². The van der Waals surface area contributed by atoms with Gasteiger partial charge in [0.05, 0.1) is 23.8 Å². The fraction of sp³-hybridized carbons (Fsp3) is 0.130. The van der Waals surface area contributed by atoms with Gasteiger partial charge in [0.2, 0.25) is 5.91 Å². The molecule has 1 atom stereocenters. The van der Waals surface area contributed by atoms with Crippen LogP contribution in [0.4, 0.5) is 11.4 Å². The van der Waals surface area contributed by atoms with Crippen molar-refractivity contribution in [2.75, 3.05) is 22.5 Å². The predicted octanol–water partition coefficient (Wildman–Crippen LogP) is 4.08. The Morgan fingerprint density at radius 2 is 1.66 bits per heavy atom. The molecular weight excluding hydrogens is 382 g/mol. The molecule has 3 aromatic carbocycles. The maximum absolute atomic E-state index is 13.3. The van der Waals surface area contributed by atoms with Gasteiger partial charge >= 0.3 is 0 Å². The lowest BCUT2D eigenvalue weighted by Crippen LogP contribution is -2.41. The fourth-order valence-electron chi connectivity index (χ4n) is 3.53. The van der Waals surface area contributed by atoms with Gasteiger partial charge in [0.1, 0.15) is 0 Å². The molecule has 1 aliphatic rings. The van der Waals surface area contributed by atoms with Crippen LogP contribution in [0.25, 0.3) is 0 Å². The summed E-state index contributed by atoms with van der Waals surface area (Å²) >= 11 is 1.76. The molecule has 29 heavy (non-hydrogen) atoms. The summed E-state index contributed by atoms with van der Waals surface area (Å²) in [6.45, 7) is 0.0621. The number of primary amides is 1. The highest BCUT2D eigenvalue weighted by atomic mass is 32.2. The molecule has 2 amide bonds. The summed E-state index contributed by atoms with van der Waals surface area (Å²) in [5.74, 6) is 0.193. The first kappa shape index (κ1) is 19.1. The van der Waals surface area contributed by atoms with Crippen molar-refractivity contribution < 1.29 is 9.59 Å². The molecule has 0 unspecified atom stereocenters. The van der Waals surface area contributed by atoms with Gasteiger partial charge in [0.25, 0.3) is 5.91 Å². The van der Waals surface area contributed by atoms with Crippen molar-refractivity contribution in [2.45, 2.75) is 10.9 Å². The van der Waals surface area contributed by atoms with Crippen LogP contribution in [0.2, 0.25) is 0 Å². The number of fused-ring (bicyclic) bond motifs is 1. The Kier molecular flexibility index (Phi) is 5.53. The standard InChI is InChI=1S/C23H21N3O2S/c24-23(28)17-10-4-5-11-18(17)25-14-22(27)26-19-12-6-7-13-21(19)29-15-20(26)16-8-2-1-3-9-16/h1-13,20,25H,14-15H2,(H2,24,28)/t20-/m0/s1. The molecule has 0 fully saturated rings. The average molecular weight is 404 g/mol. The summed E-state index contributed by atoms with van der Waals surface area (Å²) in [5, 5.41) is 3.10. The van der Waals surface area contributed by atoms with E-state index in [1.165, 1.54) is 0 Å². The molecule has 6 heteroatoms. The van der Waals surface area contributed by atoms with Gasteiger partial charge in [-0.1, -0.05) is 54.6 Å². The van der Waals surface area contributed by atoms with Crippen molar-refractivity contribution in [1.29, 1.82) is 0 Å². The number of nitrogens with zero attached hydrogens (tertiary/aromatic N) is 1. The highest BCUT2D eigenvalue weighted by Gasteiger charge is 2.32. The maximum Gasteiger partial charge on any atom is 0.250 e. The second-order valence-corrected chi connectivity index (χ2v) is 7.79. The number of carbonyl (C=O) groups excluding carboxylic acids is 2. The molecule has 4 rings (SSSR count). The number of carbonyl (C=O) groups is 2. The minimum absolute atomic E-state index is 0.0585. The van der Waals surface area contributed by atoms with Gasteiger partial charge in [-0.3, -0.25) is 9.59 Å². The van der Waals surface area contributed by atoms with E-state index >= 15 is 0 Å². The van der Waals surface area contributed by atoms with Crippen molar-refractivity contribution >= 4 is 35.0 Å². The van der Waals surface area contributed by atoms with Crippen LogP contribution in [0.5, 0.6) is 0 Å². The van der Waals surface area contributed by atoms with Gasteiger partial charge in [-0.05, 0) is 29.8 Å². The first-order chi connectivity index (χ1) is 14.1. The van der Waals surface area contributed by atoms with E-state index in [1.54, 1.807) is 36.0 Å². The molecule has 0 saturated heterocycles. The van der Waals surface area contributed by atoms with Gasteiger partial charge in [0.15, 0.2) is 0 Å². The third-order valence-corrected chi connectivity index (χ3v) is 6.05. The van der Waals surface area contributed by atoms with Gasteiger partial charge in [-0.15, -0.1) is 11.8 Å². The third-order valence-electron chi connectivity index (χ3n) is 4.91. The quantitative estimate of drug-likeness (QED) is 0.673. The first-order valence-electron chi connectivity index (χ1n) is 9.36. The van der Waals surface area contributed by atoms with Crippen LogP contribution in [0.3, 0.4) is 0 Å². The van der Waals surface area contributed by atoms with E-state index in [9.17, 15) is 9.59 Å². The second kappa shape index (κ2) is 8.41.